The summed E-state index contributed by atoms with van der Waals surface area (Å²) in [5.41, 5.74) is 0.336. The van der Waals surface area contributed by atoms with Gasteiger partial charge in [-0.3, -0.25) is 0 Å². The Morgan fingerprint density at radius 3 is 2.40 bits per heavy atom. The van der Waals surface area contributed by atoms with Gasteiger partial charge in [-0.05, 0) is 32.6 Å². The Morgan fingerprint density at radius 1 is 1.20 bits per heavy atom. The van der Waals surface area contributed by atoms with E-state index in [-0.39, 0.29) is 0 Å². The fourth-order valence-corrected chi connectivity index (χ4v) is 2.74. The highest BCUT2D eigenvalue weighted by Gasteiger charge is 2.31. The number of hydrogen-bond donors (Lipinski definition) is 1. The highest BCUT2D eigenvalue weighted by molar-refractivity contribution is 4.97. The quantitative estimate of drug-likeness (QED) is 0.653. The van der Waals surface area contributed by atoms with Crippen LogP contribution in [0.5, 0.6) is 0 Å². The lowest BCUT2D eigenvalue weighted by atomic mass is 9.78. The Morgan fingerprint density at radius 2 is 1.87 bits per heavy atom. The summed E-state index contributed by atoms with van der Waals surface area (Å²) in [6.45, 7) is 9.95. The smallest absolute Gasteiger partial charge is 0.0218 e. The molecule has 0 heterocycles. The topological polar surface area (TPSA) is 12.0 Å². The van der Waals surface area contributed by atoms with Gasteiger partial charge in [-0.15, -0.1) is 13.2 Å². The van der Waals surface area contributed by atoms with Gasteiger partial charge < -0.3 is 5.32 Å². The average Bonchev–Trinajstić information content (AvgIpc) is 2.19. The van der Waals surface area contributed by atoms with Gasteiger partial charge in [0.05, 0.1) is 0 Å². The summed E-state index contributed by atoms with van der Waals surface area (Å²) in [7, 11) is 0. The van der Waals surface area contributed by atoms with Gasteiger partial charge in [0.25, 0.3) is 0 Å². The van der Waals surface area contributed by atoms with Crippen LogP contribution in [0.25, 0.3) is 0 Å². The molecule has 0 radical (unpaired) electrons. The van der Waals surface area contributed by atoms with Gasteiger partial charge in [0.15, 0.2) is 0 Å². The van der Waals surface area contributed by atoms with E-state index in [0.29, 0.717) is 11.6 Å². The Balaban J connectivity index is 2.54. The average molecular weight is 207 g/mol. The van der Waals surface area contributed by atoms with Crippen molar-refractivity contribution in [2.75, 3.05) is 0 Å². The summed E-state index contributed by atoms with van der Waals surface area (Å²) in [5.74, 6) is 0. The maximum Gasteiger partial charge on any atom is 0.0218 e. The van der Waals surface area contributed by atoms with E-state index in [4.69, 9.17) is 0 Å². The van der Waals surface area contributed by atoms with Crippen LogP contribution in [0.4, 0.5) is 0 Å². The van der Waals surface area contributed by atoms with Gasteiger partial charge in [0, 0.05) is 11.6 Å². The van der Waals surface area contributed by atoms with Crippen LogP contribution >= 0.6 is 0 Å². The molecule has 1 aliphatic rings. The predicted molar refractivity (Wildman–Crippen MR) is 68.0 cm³/mol. The summed E-state index contributed by atoms with van der Waals surface area (Å²) >= 11 is 0. The maximum atomic E-state index is 3.89. The van der Waals surface area contributed by atoms with Crippen LogP contribution in [-0.2, 0) is 0 Å². The molecule has 86 valence electrons. The largest absolute Gasteiger partial charge is 0.308 e. The first-order valence-electron chi connectivity index (χ1n) is 6.22. The second-order valence-corrected chi connectivity index (χ2v) is 4.90. The van der Waals surface area contributed by atoms with Crippen molar-refractivity contribution >= 4 is 0 Å². The van der Waals surface area contributed by atoms with Gasteiger partial charge in [0.2, 0.25) is 0 Å². The van der Waals surface area contributed by atoms with Crippen molar-refractivity contribution in [3.05, 3.63) is 25.3 Å². The first-order valence-corrected chi connectivity index (χ1v) is 6.22. The van der Waals surface area contributed by atoms with Crippen LogP contribution in [0, 0.1) is 0 Å². The number of nitrogens with one attached hydrogen (secondary N) is 1. The summed E-state index contributed by atoms with van der Waals surface area (Å²) < 4.78 is 0. The monoisotopic (exact) mass is 207 g/mol. The molecule has 0 aliphatic heterocycles. The van der Waals surface area contributed by atoms with E-state index in [0.717, 1.165) is 12.8 Å². The molecule has 0 bridgehead atoms. The van der Waals surface area contributed by atoms with E-state index < -0.39 is 0 Å². The van der Waals surface area contributed by atoms with Crippen LogP contribution in [-0.4, -0.2) is 11.6 Å². The molecule has 0 aromatic rings. The van der Waals surface area contributed by atoms with Crippen molar-refractivity contribution in [2.24, 2.45) is 0 Å². The van der Waals surface area contributed by atoms with Crippen molar-refractivity contribution in [2.45, 2.75) is 63.5 Å². The van der Waals surface area contributed by atoms with Gasteiger partial charge in [-0.25, -0.2) is 0 Å². The van der Waals surface area contributed by atoms with E-state index in [9.17, 15) is 0 Å². The third-order valence-corrected chi connectivity index (χ3v) is 3.42. The van der Waals surface area contributed by atoms with E-state index in [1.165, 1.54) is 32.1 Å². The fraction of sp³-hybridized carbons (Fsp3) is 0.714. The summed E-state index contributed by atoms with van der Waals surface area (Å²) in [5, 5.41) is 3.79. The molecule has 1 heteroatoms. The zero-order valence-electron chi connectivity index (χ0n) is 10.1. The Bertz CT molecular complexity index is 201. The maximum absolute atomic E-state index is 3.89. The van der Waals surface area contributed by atoms with Crippen LogP contribution in [0.1, 0.15) is 51.9 Å². The molecule has 1 fully saturated rings. The van der Waals surface area contributed by atoms with E-state index >= 15 is 0 Å². The molecular weight excluding hydrogens is 182 g/mol. The molecule has 1 rings (SSSR count). The molecule has 0 aromatic heterocycles. The van der Waals surface area contributed by atoms with Crippen LogP contribution in [0.3, 0.4) is 0 Å². The summed E-state index contributed by atoms with van der Waals surface area (Å²) in [6, 6.07) is 0.542. The van der Waals surface area contributed by atoms with Crippen LogP contribution < -0.4 is 5.32 Å². The van der Waals surface area contributed by atoms with E-state index in [2.05, 4.69) is 31.5 Å². The van der Waals surface area contributed by atoms with Crippen LogP contribution in [0.15, 0.2) is 25.3 Å². The third kappa shape index (κ3) is 3.83. The molecule has 1 nitrogen and oxygen atoms in total. The van der Waals surface area contributed by atoms with Crippen molar-refractivity contribution in [3.8, 4) is 0 Å². The normalized spacial score (nSPS) is 21.9. The van der Waals surface area contributed by atoms with Gasteiger partial charge in [-0.1, -0.05) is 31.4 Å². The predicted octanol–water partition coefficient (Wildman–Crippen LogP) is 3.82. The molecule has 1 aliphatic carbocycles. The van der Waals surface area contributed by atoms with Crippen molar-refractivity contribution < 1.29 is 0 Å². The lowest BCUT2D eigenvalue weighted by molar-refractivity contribution is 0.213. The van der Waals surface area contributed by atoms with Gasteiger partial charge >= 0.3 is 0 Å². The molecule has 1 unspecified atom stereocenters. The molecule has 1 N–H and O–H groups in total. The Kier molecular flexibility index (Phi) is 5.10. The molecule has 0 saturated heterocycles. The summed E-state index contributed by atoms with van der Waals surface area (Å²) in [6.07, 6.45) is 13.0. The molecule has 0 amide bonds. The Labute approximate surface area is 94.6 Å². The third-order valence-electron chi connectivity index (χ3n) is 3.42. The van der Waals surface area contributed by atoms with Crippen molar-refractivity contribution in [3.63, 3.8) is 0 Å². The molecule has 1 saturated carbocycles. The van der Waals surface area contributed by atoms with Crippen molar-refractivity contribution in [1.29, 1.82) is 0 Å². The SMILES string of the molecule is C=CCC(C)NC1(CC=C)CCCCC1. The second kappa shape index (κ2) is 6.12. The lowest BCUT2D eigenvalue weighted by Gasteiger charge is -2.40. The zero-order chi connectivity index (χ0) is 11.1. The standard InChI is InChI=1S/C14H25N/c1-4-9-13(3)15-14(10-5-2)11-7-6-8-12-14/h4-5,13,15H,1-2,6-12H2,3H3. The van der Waals surface area contributed by atoms with E-state index in [1.54, 1.807) is 0 Å². The minimum absolute atomic E-state index is 0.336. The fourth-order valence-electron chi connectivity index (χ4n) is 2.74. The zero-order valence-corrected chi connectivity index (χ0v) is 10.1. The van der Waals surface area contributed by atoms with Crippen molar-refractivity contribution in [1.82, 2.24) is 5.32 Å². The first-order chi connectivity index (χ1) is 7.22. The Hall–Kier alpha value is -0.560. The number of hydrogen-bond acceptors (Lipinski definition) is 1. The highest BCUT2D eigenvalue weighted by atomic mass is 15.0. The first kappa shape index (κ1) is 12.5. The summed E-state index contributed by atoms with van der Waals surface area (Å²) in [4.78, 5) is 0. The molecule has 0 aromatic carbocycles. The van der Waals surface area contributed by atoms with Gasteiger partial charge in [-0.2, -0.15) is 0 Å². The molecule has 0 spiro atoms. The minimum atomic E-state index is 0.336. The van der Waals surface area contributed by atoms with Crippen LogP contribution in [0.2, 0.25) is 0 Å². The second-order valence-electron chi connectivity index (χ2n) is 4.90. The molecule has 15 heavy (non-hydrogen) atoms. The van der Waals surface area contributed by atoms with Gasteiger partial charge in [0.1, 0.15) is 0 Å². The molecule has 1 atom stereocenters. The number of rotatable bonds is 6. The molecular formula is C14H25N. The lowest BCUT2D eigenvalue weighted by Crippen LogP contribution is -2.50. The minimum Gasteiger partial charge on any atom is -0.308 e. The highest BCUT2D eigenvalue weighted by Crippen LogP contribution is 2.32. The van der Waals surface area contributed by atoms with E-state index in [1.807, 2.05) is 6.08 Å².